The number of methoxy groups -OCH3 is 1. The van der Waals surface area contributed by atoms with Crippen molar-refractivity contribution in [1.82, 2.24) is 5.32 Å². The van der Waals surface area contributed by atoms with E-state index in [1.165, 1.54) is 0 Å². The maximum absolute atomic E-state index is 11.2. The highest BCUT2D eigenvalue weighted by Crippen LogP contribution is 1.98. The van der Waals surface area contributed by atoms with Gasteiger partial charge in [0.15, 0.2) is 0 Å². The number of carbonyl (C=O) groups excluding carboxylic acids is 1. The number of esters is 1. The zero-order chi connectivity index (χ0) is 11.7. The first-order chi connectivity index (χ1) is 6.95. The van der Waals surface area contributed by atoms with Crippen LogP contribution in [-0.4, -0.2) is 38.4 Å². The zero-order valence-corrected chi connectivity index (χ0v) is 10.3. The van der Waals surface area contributed by atoms with Crippen LogP contribution >= 0.6 is 0 Å². The van der Waals surface area contributed by atoms with Crippen LogP contribution in [0.1, 0.15) is 33.6 Å². The highest BCUT2D eigenvalue weighted by atomic mass is 16.5. The molecular weight excluding hydrogens is 194 g/mol. The van der Waals surface area contributed by atoms with Crippen molar-refractivity contribution in [3.63, 3.8) is 0 Å². The molecule has 0 heterocycles. The third-order valence-corrected chi connectivity index (χ3v) is 1.74. The van der Waals surface area contributed by atoms with E-state index >= 15 is 0 Å². The molecule has 0 aromatic rings. The molecule has 0 aliphatic rings. The Labute approximate surface area is 92.3 Å². The van der Waals surface area contributed by atoms with Crippen molar-refractivity contribution in [2.24, 2.45) is 0 Å². The van der Waals surface area contributed by atoms with E-state index in [0.717, 1.165) is 6.42 Å². The Morgan fingerprint density at radius 3 is 2.47 bits per heavy atom. The molecule has 0 radical (unpaired) electrons. The summed E-state index contributed by atoms with van der Waals surface area (Å²) in [5.41, 5.74) is 0.0519. The predicted molar refractivity (Wildman–Crippen MR) is 59.8 cm³/mol. The van der Waals surface area contributed by atoms with E-state index in [1.807, 2.05) is 0 Å². The molecule has 90 valence electrons. The lowest BCUT2D eigenvalue weighted by Gasteiger charge is -2.19. The molecule has 4 nitrogen and oxygen atoms in total. The van der Waals surface area contributed by atoms with E-state index < -0.39 is 0 Å². The van der Waals surface area contributed by atoms with Gasteiger partial charge in [0.05, 0.1) is 13.0 Å². The maximum atomic E-state index is 11.2. The largest absolute Gasteiger partial charge is 0.466 e. The molecule has 0 unspecified atom stereocenters. The number of hydrogen-bond acceptors (Lipinski definition) is 4. The number of ether oxygens (including phenoxy) is 2. The van der Waals surface area contributed by atoms with Crippen molar-refractivity contribution >= 4 is 5.97 Å². The first-order valence-electron chi connectivity index (χ1n) is 5.35. The molecule has 0 aromatic carbocycles. The van der Waals surface area contributed by atoms with Crippen LogP contribution in [0.25, 0.3) is 0 Å². The van der Waals surface area contributed by atoms with Crippen molar-refractivity contribution in [2.45, 2.75) is 39.2 Å². The Balaban J connectivity index is 3.34. The molecule has 0 saturated carbocycles. The lowest BCUT2D eigenvalue weighted by Crippen LogP contribution is -2.37. The molecule has 0 fully saturated rings. The van der Waals surface area contributed by atoms with Gasteiger partial charge in [-0.05, 0) is 20.8 Å². The van der Waals surface area contributed by atoms with Crippen LogP contribution in [0.4, 0.5) is 0 Å². The minimum absolute atomic E-state index is 0.0519. The summed E-state index contributed by atoms with van der Waals surface area (Å²) in [5, 5.41) is 3.23. The summed E-state index contributed by atoms with van der Waals surface area (Å²) in [6.07, 6.45) is 1.18. The Kier molecular flexibility index (Phi) is 7.34. The lowest BCUT2D eigenvalue weighted by atomic mass is 10.1. The van der Waals surface area contributed by atoms with Gasteiger partial charge in [-0.3, -0.25) is 4.79 Å². The molecule has 0 saturated heterocycles. The summed E-state index contributed by atoms with van der Waals surface area (Å²) in [6.45, 7) is 7.94. The van der Waals surface area contributed by atoms with Gasteiger partial charge in [0, 0.05) is 32.2 Å². The van der Waals surface area contributed by atoms with Crippen LogP contribution < -0.4 is 5.32 Å². The standard InChI is InChI=1S/C11H23NO3/c1-11(2,3)12-7-6-10(13)15-9-5-8-14-4/h12H,5-9H2,1-4H3. The first kappa shape index (κ1) is 14.4. The first-order valence-corrected chi connectivity index (χ1v) is 5.35. The molecule has 0 aromatic heterocycles. The second-order valence-electron chi connectivity index (χ2n) is 4.49. The van der Waals surface area contributed by atoms with E-state index in [4.69, 9.17) is 9.47 Å². The highest BCUT2D eigenvalue weighted by Gasteiger charge is 2.09. The number of hydrogen-bond donors (Lipinski definition) is 1. The van der Waals surface area contributed by atoms with Crippen molar-refractivity contribution in [3.8, 4) is 0 Å². The van der Waals surface area contributed by atoms with E-state index in [2.05, 4.69) is 26.1 Å². The summed E-state index contributed by atoms with van der Waals surface area (Å²) in [4.78, 5) is 11.2. The van der Waals surface area contributed by atoms with Gasteiger partial charge >= 0.3 is 5.97 Å². The molecule has 0 rings (SSSR count). The van der Waals surface area contributed by atoms with E-state index in [0.29, 0.717) is 26.2 Å². The molecule has 0 bridgehead atoms. The number of carbonyl (C=O) groups is 1. The van der Waals surface area contributed by atoms with Gasteiger partial charge in [-0.15, -0.1) is 0 Å². The maximum Gasteiger partial charge on any atom is 0.307 e. The average molecular weight is 217 g/mol. The smallest absolute Gasteiger partial charge is 0.307 e. The van der Waals surface area contributed by atoms with Crippen molar-refractivity contribution < 1.29 is 14.3 Å². The molecule has 0 atom stereocenters. The van der Waals surface area contributed by atoms with Gasteiger partial charge in [-0.1, -0.05) is 0 Å². The van der Waals surface area contributed by atoms with Crippen molar-refractivity contribution in [1.29, 1.82) is 0 Å². The molecule has 15 heavy (non-hydrogen) atoms. The van der Waals surface area contributed by atoms with Crippen LogP contribution in [0.15, 0.2) is 0 Å². The molecule has 1 N–H and O–H groups in total. The summed E-state index contributed by atoms with van der Waals surface area (Å²) < 4.78 is 9.85. The van der Waals surface area contributed by atoms with Crippen molar-refractivity contribution in [3.05, 3.63) is 0 Å². The van der Waals surface area contributed by atoms with Gasteiger partial charge in [-0.25, -0.2) is 0 Å². The average Bonchev–Trinajstić information content (AvgIpc) is 2.10. The summed E-state index contributed by atoms with van der Waals surface area (Å²) >= 11 is 0. The Hall–Kier alpha value is -0.610. The molecule has 0 aliphatic carbocycles. The van der Waals surface area contributed by atoms with Gasteiger partial charge in [0.1, 0.15) is 0 Å². The predicted octanol–water partition coefficient (Wildman–Crippen LogP) is 1.34. The second-order valence-corrected chi connectivity index (χ2v) is 4.49. The third kappa shape index (κ3) is 11.3. The highest BCUT2D eigenvalue weighted by molar-refractivity contribution is 5.69. The van der Waals surface area contributed by atoms with Gasteiger partial charge in [0.25, 0.3) is 0 Å². The van der Waals surface area contributed by atoms with E-state index in [1.54, 1.807) is 7.11 Å². The minimum atomic E-state index is -0.150. The molecule has 0 aliphatic heterocycles. The monoisotopic (exact) mass is 217 g/mol. The van der Waals surface area contributed by atoms with Crippen LogP contribution in [0.5, 0.6) is 0 Å². The molecule has 0 spiro atoms. The minimum Gasteiger partial charge on any atom is -0.466 e. The molecular formula is C11H23NO3. The fraction of sp³-hybridized carbons (Fsp3) is 0.909. The topological polar surface area (TPSA) is 47.6 Å². The molecule has 4 heteroatoms. The Morgan fingerprint density at radius 1 is 1.27 bits per heavy atom. The quantitative estimate of drug-likeness (QED) is 0.516. The lowest BCUT2D eigenvalue weighted by molar-refractivity contribution is -0.143. The van der Waals surface area contributed by atoms with Crippen LogP contribution in [0.2, 0.25) is 0 Å². The summed E-state index contributed by atoms with van der Waals surface area (Å²) in [5.74, 6) is -0.150. The van der Waals surface area contributed by atoms with Crippen LogP contribution in [0.3, 0.4) is 0 Å². The summed E-state index contributed by atoms with van der Waals surface area (Å²) in [6, 6.07) is 0. The fourth-order valence-electron chi connectivity index (χ4n) is 1.00. The van der Waals surface area contributed by atoms with E-state index in [-0.39, 0.29) is 11.5 Å². The number of rotatable bonds is 7. The Bertz CT molecular complexity index is 175. The third-order valence-electron chi connectivity index (χ3n) is 1.74. The van der Waals surface area contributed by atoms with Gasteiger partial charge in [-0.2, -0.15) is 0 Å². The van der Waals surface area contributed by atoms with Crippen molar-refractivity contribution in [2.75, 3.05) is 26.9 Å². The normalized spacial score (nSPS) is 11.5. The molecule has 0 amide bonds. The van der Waals surface area contributed by atoms with Gasteiger partial charge in [0.2, 0.25) is 0 Å². The zero-order valence-electron chi connectivity index (χ0n) is 10.3. The second kappa shape index (κ2) is 7.65. The SMILES string of the molecule is COCCCOC(=O)CCNC(C)(C)C. The van der Waals surface area contributed by atoms with E-state index in [9.17, 15) is 4.79 Å². The number of nitrogens with one attached hydrogen (secondary N) is 1. The summed E-state index contributed by atoms with van der Waals surface area (Å²) in [7, 11) is 1.63. The fourth-order valence-corrected chi connectivity index (χ4v) is 1.00. The van der Waals surface area contributed by atoms with Crippen LogP contribution in [-0.2, 0) is 14.3 Å². The Morgan fingerprint density at radius 2 is 1.93 bits per heavy atom. The van der Waals surface area contributed by atoms with Gasteiger partial charge < -0.3 is 14.8 Å². The van der Waals surface area contributed by atoms with Crippen LogP contribution in [0, 0.1) is 0 Å².